The molecule has 1 aromatic heterocycles. The Morgan fingerprint density at radius 3 is 2.48 bits per heavy atom. The first-order chi connectivity index (χ1) is 14.1. The van der Waals surface area contributed by atoms with Gasteiger partial charge >= 0.3 is 0 Å². The third-order valence-electron chi connectivity index (χ3n) is 4.79. The number of hydrogen-bond acceptors (Lipinski definition) is 5. The molecule has 1 N–H and O–H groups in total. The van der Waals surface area contributed by atoms with Crippen LogP contribution >= 0.6 is 11.3 Å². The summed E-state index contributed by atoms with van der Waals surface area (Å²) in [6.45, 7) is 3.17. The second-order valence-electron chi connectivity index (χ2n) is 6.81. The van der Waals surface area contributed by atoms with Crippen molar-refractivity contribution < 1.29 is 13.6 Å². The number of rotatable bonds is 5. The summed E-state index contributed by atoms with van der Waals surface area (Å²) in [5, 5.41) is 5.51. The summed E-state index contributed by atoms with van der Waals surface area (Å²) in [5.74, 6) is -0.929. The van der Waals surface area contributed by atoms with Gasteiger partial charge in [0, 0.05) is 37.1 Å². The molecular weight excluding hydrogens is 394 g/mol. The van der Waals surface area contributed by atoms with Gasteiger partial charge in [-0.2, -0.15) is 0 Å². The molecule has 1 aliphatic rings. The van der Waals surface area contributed by atoms with E-state index in [-0.39, 0.29) is 24.0 Å². The van der Waals surface area contributed by atoms with E-state index in [1.165, 1.54) is 18.2 Å². The van der Waals surface area contributed by atoms with Crippen molar-refractivity contribution in [2.45, 2.75) is 0 Å². The van der Waals surface area contributed by atoms with Crippen LogP contribution in [0.3, 0.4) is 0 Å². The first kappa shape index (κ1) is 19.5. The number of halogens is 2. The number of nitrogens with one attached hydrogen (secondary N) is 1. The van der Waals surface area contributed by atoms with E-state index in [9.17, 15) is 13.6 Å². The van der Waals surface area contributed by atoms with Crippen molar-refractivity contribution in [3.63, 3.8) is 0 Å². The highest BCUT2D eigenvalue weighted by atomic mass is 32.1. The van der Waals surface area contributed by atoms with Gasteiger partial charge in [-0.05, 0) is 36.4 Å². The SMILES string of the molecule is O=C(CN1CCN(c2nc(-c3ccc(F)cc3)cs2)CC1)Nc1ccccc1F. The van der Waals surface area contributed by atoms with Gasteiger partial charge in [0.1, 0.15) is 11.6 Å². The predicted molar refractivity (Wildman–Crippen MR) is 111 cm³/mol. The molecule has 4 rings (SSSR count). The largest absolute Gasteiger partial charge is 0.346 e. The van der Waals surface area contributed by atoms with Gasteiger partial charge in [-0.15, -0.1) is 11.3 Å². The molecule has 2 heterocycles. The van der Waals surface area contributed by atoms with E-state index in [2.05, 4.69) is 15.2 Å². The molecule has 2 aromatic carbocycles. The molecule has 0 unspecified atom stereocenters. The lowest BCUT2D eigenvalue weighted by atomic mass is 10.2. The Labute approximate surface area is 171 Å². The monoisotopic (exact) mass is 414 g/mol. The van der Waals surface area contributed by atoms with E-state index in [0.717, 1.165) is 42.6 Å². The molecule has 1 aliphatic heterocycles. The molecule has 3 aromatic rings. The molecule has 0 aliphatic carbocycles. The van der Waals surface area contributed by atoms with Gasteiger partial charge in [0.2, 0.25) is 5.91 Å². The van der Waals surface area contributed by atoms with E-state index in [1.807, 2.05) is 10.3 Å². The van der Waals surface area contributed by atoms with Crippen LogP contribution in [0.4, 0.5) is 19.6 Å². The Balaban J connectivity index is 1.30. The average molecular weight is 414 g/mol. The molecule has 8 heteroatoms. The van der Waals surface area contributed by atoms with Crippen LogP contribution in [0.15, 0.2) is 53.9 Å². The van der Waals surface area contributed by atoms with Crippen molar-refractivity contribution in [3.8, 4) is 11.3 Å². The van der Waals surface area contributed by atoms with E-state index < -0.39 is 5.82 Å². The van der Waals surface area contributed by atoms with Gasteiger partial charge in [0.05, 0.1) is 17.9 Å². The van der Waals surface area contributed by atoms with Crippen LogP contribution in [0.5, 0.6) is 0 Å². The summed E-state index contributed by atoms with van der Waals surface area (Å²) >= 11 is 1.56. The number of hydrogen-bond donors (Lipinski definition) is 1. The molecule has 1 saturated heterocycles. The van der Waals surface area contributed by atoms with Crippen molar-refractivity contribution in [2.75, 3.05) is 42.9 Å². The fourth-order valence-corrected chi connectivity index (χ4v) is 4.10. The quantitative estimate of drug-likeness (QED) is 0.689. The number of carbonyl (C=O) groups is 1. The summed E-state index contributed by atoms with van der Waals surface area (Å²) in [7, 11) is 0. The van der Waals surface area contributed by atoms with E-state index in [0.29, 0.717) is 0 Å². The van der Waals surface area contributed by atoms with Gasteiger partial charge in [-0.1, -0.05) is 12.1 Å². The fraction of sp³-hybridized carbons (Fsp3) is 0.238. The zero-order valence-corrected chi connectivity index (χ0v) is 16.5. The third-order valence-corrected chi connectivity index (χ3v) is 5.69. The second kappa shape index (κ2) is 8.67. The summed E-state index contributed by atoms with van der Waals surface area (Å²) in [5.41, 5.74) is 1.92. The maximum absolute atomic E-state index is 13.7. The second-order valence-corrected chi connectivity index (χ2v) is 7.65. The van der Waals surface area contributed by atoms with Crippen molar-refractivity contribution >= 4 is 28.1 Å². The molecule has 0 bridgehead atoms. The van der Waals surface area contributed by atoms with Crippen LogP contribution in [0.1, 0.15) is 0 Å². The van der Waals surface area contributed by atoms with Crippen LogP contribution in [0, 0.1) is 11.6 Å². The lowest BCUT2D eigenvalue weighted by Gasteiger charge is -2.34. The van der Waals surface area contributed by atoms with Crippen molar-refractivity contribution in [3.05, 3.63) is 65.5 Å². The Hall–Kier alpha value is -2.84. The molecule has 0 atom stereocenters. The number of carbonyl (C=O) groups excluding carboxylic acids is 1. The van der Waals surface area contributed by atoms with E-state index >= 15 is 0 Å². The Morgan fingerprint density at radius 1 is 1.03 bits per heavy atom. The molecule has 150 valence electrons. The number of benzene rings is 2. The zero-order valence-electron chi connectivity index (χ0n) is 15.6. The summed E-state index contributed by atoms with van der Waals surface area (Å²) in [6.07, 6.45) is 0. The number of anilines is 2. The highest BCUT2D eigenvalue weighted by molar-refractivity contribution is 7.14. The minimum atomic E-state index is -0.439. The molecule has 5 nitrogen and oxygen atoms in total. The fourth-order valence-electron chi connectivity index (χ4n) is 3.22. The molecule has 0 radical (unpaired) electrons. The van der Waals surface area contributed by atoms with Crippen LogP contribution in [-0.4, -0.2) is 48.5 Å². The molecule has 1 fully saturated rings. The molecule has 0 saturated carbocycles. The van der Waals surface area contributed by atoms with Crippen molar-refractivity contribution in [2.24, 2.45) is 0 Å². The standard InChI is InChI=1S/C21H20F2N4OS/c22-16-7-5-15(6-8-16)19-14-29-21(25-19)27-11-9-26(10-12-27)13-20(28)24-18-4-2-1-3-17(18)23/h1-8,14H,9-13H2,(H,24,28). The third kappa shape index (κ3) is 4.78. The smallest absolute Gasteiger partial charge is 0.238 e. The van der Waals surface area contributed by atoms with Gasteiger partial charge in [-0.3, -0.25) is 9.69 Å². The minimum Gasteiger partial charge on any atom is -0.346 e. The zero-order chi connectivity index (χ0) is 20.2. The van der Waals surface area contributed by atoms with Gasteiger partial charge in [-0.25, -0.2) is 13.8 Å². The molecule has 1 amide bonds. The summed E-state index contributed by atoms with van der Waals surface area (Å²) < 4.78 is 26.7. The maximum atomic E-state index is 13.7. The number of aromatic nitrogens is 1. The molecular formula is C21H20F2N4OS. The first-order valence-electron chi connectivity index (χ1n) is 9.31. The average Bonchev–Trinajstić information content (AvgIpc) is 3.21. The van der Waals surface area contributed by atoms with E-state index in [4.69, 9.17) is 0 Å². The number of para-hydroxylation sites is 1. The van der Waals surface area contributed by atoms with Gasteiger partial charge in [0.15, 0.2) is 5.13 Å². The van der Waals surface area contributed by atoms with Crippen LogP contribution in [-0.2, 0) is 4.79 Å². The van der Waals surface area contributed by atoms with Crippen molar-refractivity contribution in [1.82, 2.24) is 9.88 Å². The lowest BCUT2D eigenvalue weighted by Crippen LogP contribution is -2.48. The number of amides is 1. The predicted octanol–water partition coefficient (Wildman–Crippen LogP) is 3.85. The Bertz CT molecular complexity index is 984. The normalized spacial score (nSPS) is 14.8. The summed E-state index contributed by atoms with van der Waals surface area (Å²) in [6, 6.07) is 12.4. The van der Waals surface area contributed by atoms with E-state index in [1.54, 1.807) is 41.7 Å². The van der Waals surface area contributed by atoms with Crippen molar-refractivity contribution in [1.29, 1.82) is 0 Å². The van der Waals surface area contributed by atoms with Crippen LogP contribution in [0.2, 0.25) is 0 Å². The molecule has 0 spiro atoms. The number of piperazine rings is 1. The highest BCUT2D eigenvalue weighted by Gasteiger charge is 2.21. The van der Waals surface area contributed by atoms with Gasteiger partial charge in [0.25, 0.3) is 0 Å². The minimum absolute atomic E-state index is 0.201. The lowest BCUT2D eigenvalue weighted by molar-refractivity contribution is -0.117. The number of thiazole rings is 1. The topological polar surface area (TPSA) is 48.5 Å². The first-order valence-corrected chi connectivity index (χ1v) is 10.2. The Morgan fingerprint density at radius 2 is 1.76 bits per heavy atom. The maximum Gasteiger partial charge on any atom is 0.238 e. The highest BCUT2D eigenvalue weighted by Crippen LogP contribution is 2.28. The van der Waals surface area contributed by atoms with Crippen LogP contribution < -0.4 is 10.2 Å². The Kier molecular flexibility index (Phi) is 5.82. The number of nitrogens with zero attached hydrogens (tertiary/aromatic N) is 3. The summed E-state index contributed by atoms with van der Waals surface area (Å²) in [4.78, 5) is 21.1. The van der Waals surface area contributed by atoms with Crippen LogP contribution in [0.25, 0.3) is 11.3 Å². The van der Waals surface area contributed by atoms with Gasteiger partial charge < -0.3 is 10.2 Å². The molecule has 29 heavy (non-hydrogen) atoms.